The molecule has 0 spiro atoms. The smallest absolute Gasteiger partial charge is 0.293 e. The van der Waals surface area contributed by atoms with Crippen LogP contribution >= 0.6 is 0 Å². The maximum absolute atomic E-state index is 11.2. The number of rotatable bonds is 5. The first-order valence-corrected chi connectivity index (χ1v) is 7.53. The van der Waals surface area contributed by atoms with E-state index in [9.17, 15) is 14.9 Å². The number of fused-ring (bicyclic) bond motifs is 2. The highest BCUT2D eigenvalue weighted by atomic mass is 16.6. The lowest BCUT2D eigenvalue weighted by molar-refractivity contribution is -0.384. The summed E-state index contributed by atoms with van der Waals surface area (Å²) in [6, 6.07) is 4.70. The lowest BCUT2D eigenvalue weighted by Gasteiger charge is -2.28. The van der Waals surface area contributed by atoms with E-state index in [0.717, 1.165) is 18.4 Å². The van der Waals surface area contributed by atoms with Crippen LogP contribution in [0.3, 0.4) is 0 Å². The Bertz CT molecular complexity index is 573. The summed E-state index contributed by atoms with van der Waals surface area (Å²) in [5, 5.41) is 11.2. The van der Waals surface area contributed by atoms with Gasteiger partial charge in [0.05, 0.1) is 4.92 Å². The largest absolute Gasteiger partial charge is 0.369 e. The van der Waals surface area contributed by atoms with Crippen molar-refractivity contribution in [3.05, 3.63) is 33.9 Å². The minimum absolute atomic E-state index is 0.0188. The monoisotopic (exact) mass is 288 g/mol. The maximum Gasteiger partial charge on any atom is 0.293 e. The molecule has 5 heteroatoms. The van der Waals surface area contributed by atoms with Gasteiger partial charge in [0, 0.05) is 25.2 Å². The first kappa shape index (κ1) is 14.0. The first-order chi connectivity index (χ1) is 10.1. The highest BCUT2D eigenvalue weighted by molar-refractivity contribution is 5.79. The molecule has 0 aromatic heterocycles. The predicted octanol–water partition coefficient (Wildman–Crippen LogP) is 3.28. The second-order valence-electron chi connectivity index (χ2n) is 6.44. The van der Waals surface area contributed by atoms with Crippen LogP contribution in [0, 0.1) is 27.9 Å². The van der Waals surface area contributed by atoms with Gasteiger partial charge in [-0.25, -0.2) is 0 Å². The van der Waals surface area contributed by atoms with E-state index in [4.69, 9.17) is 0 Å². The van der Waals surface area contributed by atoms with Crippen molar-refractivity contribution in [2.24, 2.45) is 17.8 Å². The molecule has 0 N–H and O–H groups in total. The number of hydrogen-bond acceptors (Lipinski definition) is 4. The van der Waals surface area contributed by atoms with Gasteiger partial charge in [0.15, 0.2) is 0 Å². The molecule has 1 aromatic carbocycles. The minimum Gasteiger partial charge on any atom is -0.369 e. The first-order valence-electron chi connectivity index (χ1n) is 7.53. The molecule has 2 aliphatic carbocycles. The third-order valence-corrected chi connectivity index (χ3v) is 5.14. The number of carbonyl (C=O) groups excluding carboxylic acids is 1. The number of benzene rings is 1. The summed E-state index contributed by atoms with van der Waals surface area (Å²) in [6.07, 6.45) is 5.92. The van der Waals surface area contributed by atoms with Crippen LogP contribution in [-0.2, 0) is 0 Å². The molecule has 3 unspecified atom stereocenters. The molecule has 112 valence electrons. The topological polar surface area (TPSA) is 63.5 Å². The molecule has 3 rings (SSSR count). The van der Waals surface area contributed by atoms with Crippen LogP contribution in [0.15, 0.2) is 18.2 Å². The zero-order valence-electron chi connectivity index (χ0n) is 12.2. The fourth-order valence-electron chi connectivity index (χ4n) is 4.13. The minimum atomic E-state index is -0.403. The number of nitrogens with zero attached hydrogens (tertiary/aromatic N) is 2. The van der Waals surface area contributed by atoms with E-state index in [-0.39, 0.29) is 5.69 Å². The maximum atomic E-state index is 11.2. The van der Waals surface area contributed by atoms with Gasteiger partial charge < -0.3 is 4.90 Å². The zero-order valence-corrected chi connectivity index (χ0v) is 12.2. The van der Waals surface area contributed by atoms with Gasteiger partial charge in [0.25, 0.3) is 5.69 Å². The standard InChI is InChI=1S/C16H20N2O3/c1-17(9-14-7-11-2-4-13(14)6-11)15-5-3-12(10-19)8-16(15)18(20)21/h3,5,8,10-11,13-14H,2,4,6-7,9H2,1H3. The Morgan fingerprint density at radius 1 is 1.38 bits per heavy atom. The van der Waals surface area contributed by atoms with Gasteiger partial charge in [-0.1, -0.05) is 6.42 Å². The van der Waals surface area contributed by atoms with Crippen LogP contribution in [-0.4, -0.2) is 24.8 Å². The molecular weight excluding hydrogens is 268 g/mol. The van der Waals surface area contributed by atoms with Crippen molar-refractivity contribution in [2.45, 2.75) is 25.7 Å². The second kappa shape index (κ2) is 5.47. The molecule has 2 bridgehead atoms. The molecule has 2 saturated carbocycles. The Kier molecular flexibility index (Phi) is 3.66. The van der Waals surface area contributed by atoms with E-state index in [1.165, 1.54) is 31.7 Å². The summed E-state index contributed by atoms with van der Waals surface area (Å²) in [6.45, 7) is 0.864. The van der Waals surface area contributed by atoms with Crippen molar-refractivity contribution in [1.29, 1.82) is 0 Å². The fraction of sp³-hybridized carbons (Fsp3) is 0.562. The van der Waals surface area contributed by atoms with Gasteiger partial charge in [-0.15, -0.1) is 0 Å². The summed E-state index contributed by atoms with van der Waals surface area (Å²) in [5.41, 5.74) is 0.970. The molecule has 21 heavy (non-hydrogen) atoms. The van der Waals surface area contributed by atoms with Gasteiger partial charge in [0.2, 0.25) is 0 Å². The Labute approximate surface area is 124 Å². The molecule has 0 aliphatic heterocycles. The molecule has 0 saturated heterocycles. The Hall–Kier alpha value is -1.91. The molecule has 0 heterocycles. The van der Waals surface area contributed by atoms with Crippen LogP contribution in [0.4, 0.5) is 11.4 Å². The number of nitro benzene ring substituents is 1. The third kappa shape index (κ3) is 2.64. The Balaban J connectivity index is 1.79. The van der Waals surface area contributed by atoms with Crippen molar-refractivity contribution < 1.29 is 9.72 Å². The highest BCUT2D eigenvalue weighted by Crippen LogP contribution is 2.48. The van der Waals surface area contributed by atoms with Crippen LogP contribution < -0.4 is 4.90 Å². The summed E-state index contributed by atoms with van der Waals surface area (Å²) < 4.78 is 0. The lowest BCUT2D eigenvalue weighted by Crippen LogP contribution is -2.29. The molecule has 0 radical (unpaired) electrons. The average Bonchev–Trinajstić information content (AvgIpc) is 3.09. The lowest BCUT2D eigenvalue weighted by atomic mass is 9.88. The van der Waals surface area contributed by atoms with Crippen LogP contribution in [0.25, 0.3) is 0 Å². The van der Waals surface area contributed by atoms with Gasteiger partial charge in [0.1, 0.15) is 12.0 Å². The molecule has 0 amide bonds. The second-order valence-corrected chi connectivity index (χ2v) is 6.44. The Morgan fingerprint density at radius 2 is 2.19 bits per heavy atom. The van der Waals surface area contributed by atoms with Gasteiger partial charge in [-0.05, 0) is 49.1 Å². The average molecular weight is 288 g/mol. The van der Waals surface area contributed by atoms with Crippen molar-refractivity contribution in [3.8, 4) is 0 Å². The van der Waals surface area contributed by atoms with E-state index in [1.54, 1.807) is 12.1 Å². The summed E-state index contributed by atoms with van der Waals surface area (Å²) >= 11 is 0. The van der Waals surface area contributed by atoms with Crippen LogP contribution in [0.2, 0.25) is 0 Å². The van der Waals surface area contributed by atoms with Gasteiger partial charge in [-0.3, -0.25) is 14.9 Å². The van der Waals surface area contributed by atoms with E-state index < -0.39 is 4.92 Å². The van der Waals surface area contributed by atoms with Gasteiger partial charge in [-0.2, -0.15) is 0 Å². The van der Waals surface area contributed by atoms with Crippen LogP contribution in [0.5, 0.6) is 0 Å². The summed E-state index contributed by atoms with van der Waals surface area (Å²) in [7, 11) is 1.91. The molecule has 1 aromatic rings. The molecule has 5 nitrogen and oxygen atoms in total. The van der Waals surface area contributed by atoms with Gasteiger partial charge >= 0.3 is 0 Å². The molecule has 2 fully saturated rings. The quantitative estimate of drug-likeness (QED) is 0.474. The number of anilines is 1. The van der Waals surface area contributed by atoms with Crippen molar-refractivity contribution in [2.75, 3.05) is 18.5 Å². The SMILES string of the molecule is CN(CC1CC2CCC1C2)c1ccc(C=O)cc1[N+](=O)[O-]. The molecule has 2 aliphatic rings. The normalized spacial score (nSPS) is 26.8. The number of hydrogen-bond donors (Lipinski definition) is 0. The highest BCUT2D eigenvalue weighted by Gasteiger charge is 2.40. The zero-order chi connectivity index (χ0) is 15.0. The van der Waals surface area contributed by atoms with Crippen molar-refractivity contribution in [1.82, 2.24) is 0 Å². The number of aldehydes is 1. The number of carbonyl (C=O) groups is 1. The van der Waals surface area contributed by atoms with E-state index in [1.807, 2.05) is 11.9 Å². The van der Waals surface area contributed by atoms with Crippen molar-refractivity contribution in [3.63, 3.8) is 0 Å². The van der Waals surface area contributed by atoms with Crippen molar-refractivity contribution >= 4 is 17.7 Å². The number of nitro groups is 1. The summed E-state index contributed by atoms with van der Waals surface area (Å²) in [4.78, 5) is 23.6. The molecule has 3 atom stereocenters. The summed E-state index contributed by atoms with van der Waals surface area (Å²) in [5.74, 6) is 2.32. The van der Waals surface area contributed by atoms with E-state index in [0.29, 0.717) is 23.5 Å². The predicted molar refractivity (Wildman–Crippen MR) is 80.7 cm³/mol. The Morgan fingerprint density at radius 3 is 2.76 bits per heavy atom. The fourth-order valence-corrected chi connectivity index (χ4v) is 4.13. The van der Waals surface area contributed by atoms with Crippen LogP contribution in [0.1, 0.15) is 36.0 Å². The van der Waals surface area contributed by atoms with E-state index >= 15 is 0 Å². The van der Waals surface area contributed by atoms with E-state index in [2.05, 4.69) is 0 Å². The third-order valence-electron chi connectivity index (χ3n) is 5.14. The molecular formula is C16H20N2O3.